The van der Waals surface area contributed by atoms with Crippen molar-refractivity contribution in [2.24, 2.45) is 11.8 Å². The molecule has 0 saturated heterocycles. The molecule has 3 rings (SSSR count). The lowest BCUT2D eigenvalue weighted by atomic mass is 9.82. The van der Waals surface area contributed by atoms with Crippen molar-refractivity contribution in [2.45, 2.75) is 64.0 Å². The summed E-state index contributed by atoms with van der Waals surface area (Å²) in [6, 6.07) is 1.11. The molecule has 3 heteroatoms. The van der Waals surface area contributed by atoms with E-state index >= 15 is 0 Å². The SMILES string of the molecule is CCC(NC1CCCC(C2CC2)C1)c1ncc[nH]1. The topological polar surface area (TPSA) is 40.7 Å². The molecular weight excluding hydrogens is 222 g/mol. The van der Waals surface area contributed by atoms with Crippen LogP contribution in [0.15, 0.2) is 12.4 Å². The molecule has 18 heavy (non-hydrogen) atoms. The zero-order valence-electron chi connectivity index (χ0n) is 11.4. The molecule has 0 bridgehead atoms. The average Bonchev–Trinajstić information content (AvgIpc) is 3.12. The van der Waals surface area contributed by atoms with Crippen LogP contribution in [-0.4, -0.2) is 16.0 Å². The third-order valence-corrected chi connectivity index (χ3v) is 4.70. The van der Waals surface area contributed by atoms with Gasteiger partial charge in [0.1, 0.15) is 5.82 Å². The van der Waals surface area contributed by atoms with Crippen LogP contribution in [0.4, 0.5) is 0 Å². The van der Waals surface area contributed by atoms with E-state index in [0.717, 1.165) is 24.1 Å². The fourth-order valence-corrected chi connectivity index (χ4v) is 3.52. The Labute approximate surface area is 110 Å². The van der Waals surface area contributed by atoms with Crippen molar-refractivity contribution in [1.29, 1.82) is 0 Å². The van der Waals surface area contributed by atoms with Crippen LogP contribution >= 0.6 is 0 Å². The van der Waals surface area contributed by atoms with Gasteiger partial charge in [0, 0.05) is 18.4 Å². The van der Waals surface area contributed by atoms with Gasteiger partial charge >= 0.3 is 0 Å². The molecule has 0 aliphatic heterocycles. The minimum absolute atomic E-state index is 0.406. The molecule has 0 radical (unpaired) electrons. The third kappa shape index (κ3) is 2.77. The van der Waals surface area contributed by atoms with E-state index in [1.54, 1.807) is 0 Å². The second kappa shape index (κ2) is 5.43. The number of imidazole rings is 1. The van der Waals surface area contributed by atoms with Crippen molar-refractivity contribution in [3.05, 3.63) is 18.2 Å². The first-order chi connectivity index (χ1) is 8.86. The quantitative estimate of drug-likeness (QED) is 0.837. The van der Waals surface area contributed by atoms with Crippen LogP contribution in [0, 0.1) is 11.8 Å². The van der Waals surface area contributed by atoms with Gasteiger partial charge in [0.2, 0.25) is 0 Å². The Morgan fingerprint density at radius 1 is 1.33 bits per heavy atom. The van der Waals surface area contributed by atoms with Crippen LogP contribution in [0.1, 0.15) is 63.7 Å². The Morgan fingerprint density at radius 3 is 2.89 bits per heavy atom. The fourth-order valence-electron chi connectivity index (χ4n) is 3.52. The Hall–Kier alpha value is -0.830. The van der Waals surface area contributed by atoms with Gasteiger partial charge in [-0.2, -0.15) is 0 Å². The summed E-state index contributed by atoms with van der Waals surface area (Å²) in [7, 11) is 0. The van der Waals surface area contributed by atoms with Crippen molar-refractivity contribution < 1.29 is 0 Å². The third-order valence-electron chi connectivity index (χ3n) is 4.70. The molecule has 0 amide bonds. The number of aromatic nitrogens is 2. The molecule has 3 unspecified atom stereocenters. The highest BCUT2D eigenvalue weighted by molar-refractivity contribution is 4.97. The Kier molecular flexibility index (Phi) is 3.69. The van der Waals surface area contributed by atoms with E-state index in [9.17, 15) is 0 Å². The predicted molar refractivity (Wildman–Crippen MR) is 73.2 cm³/mol. The lowest BCUT2D eigenvalue weighted by molar-refractivity contribution is 0.242. The van der Waals surface area contributed by atoms with Crippen LogP contribution in [0.5, 0.6) is 0 Å². The van der Waals surface area contributed by atoms with Crippen molar-refractivity contribution in [3.63, 3.8) is 0 Å². The minimum atomic E-state index is 0.406. The normalized spacial score (nSPS) is 30.3. The summed E-state index contributed by atoms with van der Waals surface area (Å²) < 4.78 is 0. The molecule has 3 atom stereocenters. The van der Waals surface area contributed by atoms with Crippen LogP contribution in [0.3, 0.4) is 0 Å². The van der Waals surface area contributed by atoms with Gasteiger partial charge in [0.15, 0.2) is 0 Å². The number of nitrogens with one attached hydrogen (secondary N) is 2. The molecule has 100 valence electrons. The molecule has 1 heterocycles. The first kappa shape index (κ1) is 12.2. The zero-order valence-corrected chi connectivity index (χ0v) is 11.4. The molecule has 2 aliphatic rings. The second-order valence-electron chi connectivity index (χ2n) is 6.06. The Morgan fingerprint density at radius 2 is 2.22 bits per heavy atom. The summed E-state index contributed by atoms with van der Waals surface area (Å²) in [5.74, 6) is 3.18. The highest BCUT2D eigenvalue weighted by atomic mass is 15.0. The second-order valence-corrected chi connectivity index (χ2v) is 6.06. The first-order valence-electron chi connectivity index (χ1n) is 7.62. The number of hydrogen-bond donors (Lipinski definition) is 2. The van der Waals surface area contributed by atoms with E-state index in [-0.39, 0.29) is 0 Å². The summed E-state index contributed by atoms with van der Waals surface area (Å²) in [6.07, 6.45) is 13.5. The van der Waals surface area contributed by atoms with E-state index in [0.29, 0.717) is 12.1 Å². The molecule has 2 fully saturated rings. The largest absolute Gasteiger partial charge is 0.347 e. The maximum atomic E-state index is 4.40. The molecule has 0 spiro atoms. The number of hydrogen-bond acceptors (Lipinski definition) is 2. The van der Waals surface area contributed by atoms with Crippen LogP contribution in [0.2, 0.25) is 0 Å². The van der Waals surface area contributed by atoms with Gasteiger partial charge in [0.05, 0.1) is 6.04 Å². The van der Waals surface area contributed by atoms with Gasteiger partial charge in [-0.25, -0.2) is 4.98 Å². The highest BCUT2D eigenvalue weighted by Gasteiger charge is 2.35. The molecule has 1 aromatic heterocycles. The minimum Gasteiger partial charge on any atom is -0.347 e. The van der Waals surface area contributed by atoms with Gasteiger partial charge < -0.3 is 10.3 Å². The number of nitrogens with zero attached hydrogens (tertiary/aromatic N) is 1. The van der Waals surface area contributed by atoms with Crippen LogP contribution < -0.4 is 5.32 Å². The van der Waals surface area contributed by atoms with E-state index < -0.39 is 0 Å². The van der Waals surface area contributed by atoms with E-state index in [1.807, 2.05) is 12.4 Å². The Balaban J connectivity index is 1.57. The summed E-state index contributed by atoms with van der Waals surface area (Å²) >= 11 is 0. The number of rotatable bonds is 5. The summed E-state index contributed by atoms with van der Waals surface area (Å²) in [5.41, 5.74) is 0. The Bertz CT molecular complexity index is 356. The maximum absolute atomic E-state index is 4.40. The molecule has 3 nitrogen and oxygen atoms in total. The standard InChI is InChI=1S/C15H25N3/c1-2-14(15-16-8-9-17-15)18-13-5-3-4-12(10-13)11-6-7-11/h8-9,11-14,18H,2-7,10H2,1H3,(H,16,17). The van der Waals surface area contributed by atoms with E-state index in [4.69, 9.17) is 0 Å². The smallest absolute Gasteiger partial charge is 0.123 e. The number of aromatic amines is 1. The lowest BCUT2D eigenvalue weighted by Crippen LogP contribution is -2.37. The molecule has 2 saturated carbocycles. The zero-order chi connectivity index (χ0) is 12.4. The van der Waals surface area contributed by atoms with Crippen molar-refractivity contribution in [2.75, 3.05) is 0 Å². The molecular formula is C15H25N3. The summed E-state index contributed by atoms with van der Waals surface area (Å²) in [4.78, 5) is 7.65. The van der Waals surface area contributed by atoms with Gasteiger partial charge in [-0.3, -0.25) is 0 Å². The van der Waals surface area contributed by atoms with Gasteiger partial charge in [0.25, 0.3) is 0 Å². The summed E-state index contributed by atoms with van der Waals surface area (Å²) in [5, 5.41) is 3.83. The monoisotopic (exact) mass is 247 g/mol. The predicted octanol–water partition coefficient (Wildman–Crippen LogP) is 3.42. The van der Waals surface area contributed by atoms with Gasteiger partial charge in [-0.1, -0.05) is 19.8 Å². The molecule has 1 aromatic rings. The fraction of sp³-hybridized carbons (Fsp3) is 0.800. The van der Waals surface area contributed by atoms with E-state index in [1.165, 1.54) is 38.5 Å². The van der Waals surface area contributed by atoms with E-state index in [2.05, 4.69) is 22.2 Å². The van der Waals surface area contributed by atoms with Crippen LogP contribution in [0.25, 0.3) is 0 Å². The molecule has 2 aliphatic carbocycles. The van der Waals surface area contributed by atoms with Crippen LogP contribution in [-0.2, 0) is 0 Å². The lowest BCUT2D eigenvalue weighted by Gasteiger charge is -2.32. The maximum Gasteiger partial charge on any atom is 0.123 e. The molecule has 0 aromatic carbocycles. The number of H-pyrrole nitrogens is 1. The van der Waals surface area contributed by atoms with Crippen molar-refractivity contribution in [1.82, 2.24) is 15.3 Å². The van der Waals surface area contributed by atoms with Gasteiger partial charge in [-0.15, -0.1) is 0 Å². The van der Waals surface area contributed by atoms with Crippen molar-refractivity contribution in [3.8, 4) is 0 Å². The highest BCUT2D eigenvalue weighted by Crippen LogP contribution is 2.44. The first-order valence-corrected chi connectivity index (χ1v) is 7.62. The van der Waals surface area contributed by atoms with Crippen molar-refractivity contribution >= 4 is 0 Å². The average molecular weight is 247 g/mol. The van der Waals surface area contributed by atoms with Gasteiger partial charge in [-0.05, 0) is 43.9 Å². The molecule has 2 N–H and O–H groups in total. The summed E-state index contributed by atoms with van der Waals surface area (Å²) in [6.45, 7) is 2.24.